The molecule has 2 aliphatic heterocycles. The number of ether oxygens (including phenoxy) is 4. The van der Waals surface area contributed by atoms with Crippen LogP contribution >= 0.6 is 0 Å². The summed E-state index contributed by atoms with van der Waals surface area (Å²) < 4.78 is 61.4. The zero-order valence-electron chi connectivity index (χ0n) is 15.3. The van der Waals surface area contributed by atoms with E-state index in [9.17, 15) is 13.2 Å². The predicted molar refractivity (Wildman–Crippen MR) is 89.4 cm³/mol. The monoisotopic (exact) mass is 378 g/mol. The molecule has 0 N–H and O–H groups in total. The molecule has 0 amide bonds. The van der Waals surface area contributed by atoms with Gasteiger partial charge < -0.3 is 18.9 Å². The van der Waals surface area contributed by atoms with Gasteiger partial charge >= 0.3 is 6.18 Å². The second kappa shape index (κ2) is 9.04. The number of hydrogen-bond donors (Lipinski definition) is 0. The third-order valence-corrected chi connectivity index (χ3v) is 5.49. The highest BCUT2D eigenvalue weighted by Gasteiger charge is 2.39. The molecular formula is C19H29F3O4. The fraction of sp³-hybridized carbons (Fsp3) is 0.895. The minimum atomic E-state index is -4.21. The van der Waals surface area contributed by atoms with Crippen LogP contribution < -0.4 is 0 Å². The maximum atomic E-state index is 12.7. The zero-order chi connectivity index (χ0) is 18.6. The standard InChI is InChI=1S/C19H29F3O4/c1-2-3-4-13-9-23-18(24-10-13)15-11-25-17(26-12-15)14-5-7-16(8-6-14)19(20,21)22/h7,13-15,17-18H,2-6,8-12H2,1H3. The van der Waals surface area contributed by atoms with Gasteiger partial charge in [-0.25, -0.2) is 0 Å². The van der Waals surface area contributed by atoms with Crippen LogP contribution in [0.5, 0.6) is 0 Å². The van der Waals surface area contributed by atoms with Crippen molar-refractivity contribution >= 4 is 0 Å². The van der Waals surface area contributed by atoms with E-state index in [1.165, 1.54) is 18.9 Å². The first-order valence-corrected chi connectivity index (χ1v) is 9.70. The Labute approximate surface area is 153 Å². The Morgan fingerprint density at radius 3 is 2.12 bits per heavy atom. The van der Waals surface area contributed by atoms with Gasteiger partial charge in [0, 0.05) is 17.4 Å². The van der Waals surface area contributed by atoms with Crippen molar-refractivity contribution in [2.75, 3.05) is 26.4 Å². The highest BCUT2D eigenvalue weighted by Crippen LogP contribution is 2.38. The summed E-state index contributed by atoms with van der Waals surface area (Å²) in [6, 6.07) is 0. The molecular weight excluding hydrogens is 349 g/mol. The lowest BCUT2D eigenvalue weighted by molar-refractivity contribution is -0.290. The molecule has 2 saturated heterocycles. The normalized spacial score (nSPS) is 36.6. The van der Waals surface area contributed by atoms with Gasteiger partial charge in [0.2, 0.25) is 0 Å². The summed E-state index contributed by atoms with van der Waals surface area (Å²) in [5, 5.41) is 0. The first kappa shape index (κ1) is 20.1. The molecule has 1 unspecified atom stereocenters. The van der Waals surface area contributed by atoms with E-state index in [2.05, 4.69) is 6.92 Å². The van der Waals surface area contributed by atoms with Crippen molar-refractivity contribution in [1.29, 1.82) is 0 Å². The fourth-order valence-corrected chi connectivity index (χ4v) is 3.81. The molecule has 0 aromatic carbocycles. The third-order valence-electron chi connectivity index (χ3n) is 5.49. The van der Waals surface area contributed by atoms with Crippen LogP contribution in [0.25, 0.3) is 0 Å². The molecule has 7 heteroatoms. The first-order valence-electron chi connectivity index (χ1n) is 9.70. The van der Waals surface area contributed by atoms with E-state index in [4.69, 9.17) is 18.9 Å². The second-order valence-corrected chi connectivity index (χ2v) is 7.60. The quantitative estimate of drug-likeness (QED) is 0.663. The molecule has 0 bridgehead atoms. The number of alkyl halides is 3. The Morgan fingerprint density at radius 1 is 0.962 bits per heavy atom. The van der Waals surface area contributed by atoms with Crippen molar-refractivity contribution in [2.45, 2.75) is 64.2 Å². The van der Waals surface area contributed by atoms with E-state index in [-0.39, 0.29) is 24.5 Å². The van der Waals surface area contributed by atoms with Crippen LogP contribution in [-0.2, 0) is 18.9 Å². The van der Waals surface area contributed by atoms with E-state index in [0.29, 0.717) is 45.2 Å². The Balaban J connectivity index is 1.39. The molecule has 1 atom stereocenters. The maximum Gasteiger partial charge on any atom is 0.412 e. The van der Waals surface area contributed by atoms with Crippen molar-refractivity contribution in [1.82, 2.24) is 0 Å². The van der Waals surface area contributed by atoms with Gasteiger partial charge in [-0.15, -0.1) is 0 Å². The summed E-state index contributed by atoms with van der Waals surface area (Å²) in [6.45, 7) is 4.51. The van der Waals surface area contributed by atoms with Crippen LogP contribution in [0.3, 0.4) is 0 Å². The van der Waals surface area contributed by atoms with Gasteiger partial charge in [-0.1, -0.05) is 25.8 Å². The topological polar surface area (TPSA) is 36.9 Å². The third kappa shape index (κ3) is 5.21. The van der Waals surface area contributed by atoms with Gasteiger partial charge in [-0.05, 0) is 25.7 Å². The Hall–Kier alpha value is -0.630. The van der Waals surface area contributed by atoms with Crippen molar-refractivity contribution in [3.63, 3.8) is 0 Å². The molecule has 0 radical (unpaired) electrons. The number of allylic oxidation sites excluding steroid dienone is 2. The van der Waals surface area contributed by atoms with Crippen molar-refractivity contribution in [3.05, 3.63) is 11.6 Å². The summed E-state index contributed by atoms with van der Waals surface area (Å²) >= 11 is 0. The molecule has 0 aromatic rings. The van der Waals surface area contributed by atoms with Crippen LogP contribution in [0.1, 0.15) is 45.4 Å². The maximum absolute atomic E-state index is 12.7. The van der Waals surface area contributed by atoms with Crippen molar-refractivity contribution in [3.8, 4) is 0 Å². The molecule has 26 heavy (non-hydrogen) atoms. The minimum absolute atomic E-state index is 0.0169. The van der Waals surface area contributed by atoms with E-state index in [0.717, 1.165) is 6.42 Å². The molecule has 0 aromatic heterocycles. The number of halogens is 3. The summed E-state index contributed by atoms with van der Waals surface area (Å²) in [6.07, 6.45) is 0.641. The number of unbranched alkanes of at least 4 members (excludes halogenated alkanes) is 1. The van der Waals surface area contributed by atoms with Gasteiger partial charge in [-0.2, -0.15) is 13.2 Å². The molecule has 1 aliphatic carbocycles. The van der Waals surface area contributed by atoms with Crippen molar-refractivity contribution < 1.29 is 32.1 Å². The second-order valence-electron chi connectivity index (χ2n) is 7.60. The summed E-state index contributed by atoms with van der Waals surface area (Å²) in [7, 11) is 0. The van der Waals surface area contributed by atoms with Gasteiger partial charge in [0.1, 0.15) is 0 Å². The van der Waals surface area contributed by atoms with E-state index in [1.54, 1.807) is 0 Å². The number of rotatable bonds is 5. The smallest absolute Gasteiger partial charge is 0.352 e. The van der Waals surface area contributed by atoms with E-state index >= 15 is 0 Å². The van der Waals surface area contributed by atoms with Crippen LogP contribution in [0.2, 0.25) is 0 Å². The molecule has 0 saturated carbocycles. The molecule has 4 nitrogen and oxygen atoms in total. The first-order chi connectivity index (χ1) is 12.5. The molecule has 3 aliphatic rings. The Kier molecular flexibility index (Phi) is 6.99. The van der Waals surface area contributed by atoms with Gasteiger partial charge in [0.25, 0.3) is 0 Å². The molecule has 3 rings (SSSR count). The largest absolute Gasteiger partial charge is 0.412 e. The van der Waals surface area contributed by atoms with Crippen LogP contribution in [0.15, 0.2) is 11.6 Å². The minimum Gasteiger partial charge on any atom is -0.352 e. The van der Waals surface area contributed by atoms with Crippen LogP contribution in [0, 0.1) is 17.8 Å². The molecule has 150 valence electrons. The highest BCUT2D eigenvalue weighted by atomic mass is 19.4. The van der Waals surface area contributed by atoms with Gasteiger partial charge in [0.05, 0.1) is 32.3 Å². The summed E-state index contributed by atoms with van der Waals surface area (Å²) in [4.78, 5) is 0. The Bertz CT molecular complexity index is 464. The van der Waals surface area contributed by atoms with E-state index in [1.807, 2.05) is 0 Å². The fourth-order valence-electron chi connectivity index (χ4n) is 3.81. The summed E-state index contributed by atoms with van der Waals surface area (Å²) in [5.74, 6) is 0.457. The SMILES string of the molecule is CCCCC1COC(C2COC(C3CC=C(C(F)(F)F)CC3)OC2)OC1. The van der Waals surface area contributed by atoms with Crippen molar-refractivity contribution in [2.24, 2.45) is 17.8 Å². The average Bonchev–Trinajstić information content (AvgIpc) is 2.66. The van der Waals surface area contributed by atoms with Gasteiger partial charge in [-0.3, -0.25) is 0 Å². The van der Waals surface area contributed by atoms with Crippen LogP contribution in [-0.4, -0.2) is 45.2 Å². The average molecular weight is 378 g/mol. The van der Waals surface area contributed by atoms with E-state index < -0.39 is 18.0 Å². The lowest BCUT2D eigenvalue weighted by atomic mass is 9.88. The van der Waals surface area contributed by atoms with Gasteiger partial charge in [0.15, 0.2) is 12.6 Å². The zero-order valence-corrected chi connectivity index (χ0v) is 15.3. The Morgan fingerprint density at radius 2 is 1.58 bits per heavy atom. The molecule has 2 heterocycles. The number of hydrogen-bond acceptors (Lipinski definition) is 4. The molecule has 2 fully saturated rings. The lowest BCUT2D eigenvalue weighted by Crippen LogP contribution is -2.46. The molecule has 0 spiro atoms. The predicted octanol–water partition coefficient (Wildman–Crippen LogP) is 4.44. The van der Waals surface area contributed by atoms with Crippen LogP contribution in [0.4, 0.5) is 13.2 Å². The highest BCUT2D eigenvalue weighted by molar-refractivity contribution is 5.12. The lowest BCUT2D eigenvalue weighted by Gasteiger charge is -2.39. The summed E-state index contributed by atoms with van der Waals surface area (Å²) in [5.41, 5.74) is -0.427.